The monoisotopic (exact) mass is 588 g/mol. The van der Waals surface area contributed by atoms with Gasteiger partial charge in [-0.25, -0.2) is 0 Å². The number of anilines is 1. The third-order valence-corrected chi connectivity index (χ3v) is 9.01. The molecule has 0 unspecified atom stereocenters. The molecule has 3 aliphatic heterocycles. The van der Waals surface area contributed by atoms with Crippen molar-refractivity contribution in [2.24, 2.45) is 5.92 Å². The van der Waals surface area contributed by atoms with Gasteiger partial charge in [0.1, 0.15) is 17.2 Å². The fourth-order valence-electron chi connectivity index (χ4n) is 7.10. The molecule has 0 aromatic heterocycles. The lowest BCUT2D eigenvalue weighted by molar-refractivity contribution is -0.122. The minimum atomic E-state index is -1.38. The highest BCUT2D eigenvalue weighted by Gasteiger charge is 2.70. The molecule has 6 nitrogen and oxygen atoms in total. The van der Waals surface area contributed by atoms with E-state index in [9.17, 15) is 14.4 Å². The fraction of sp³-hybridized carbons (Fsp3) is 0.194. The van der Waals surface area contributed by atoms with Gasteiger partial charge in [-0.05, 0) is 91.2 Å². The van der Waals surface area contributed by atoms with Crippen molar-refractivity contribution < 1.29 is 19.1 Å². The number of fused-ring (bicyclic) bond motifs is 6. The molecule has 43 heavy (non-hydrogen) atoms. The molecule has 0 radical (unpaired) electrons. The Morgan fingerprint density at radius 1 is 0.860 bits per heavy atom. The van der Waals surface area contributed by atoms with E-state index in [1.165, 1.54) is 0 Å². The van der Waals surface area contributed by atoms with Crippen LogP contribution in [0.2, 0.25) is 5.02 Å². The van der Waals surface area contributed by atoms with Crippen LogP contribution in [-0.4, -0.2) is 34.5 Å². The third-order valence-electron chi connectivity index (χ3n) is 8.76. The van der Waals surface area contributed by atoms with Gasteiger partial charge >= 0.3 is 0 Å². The van der Waals surface area contributed by atoms with Gasteiger partial charge in [0.25, 0.3) is 0 Å². The van der Waals surface area contributed by atoms with Crippen LogP contribution in [0.5, 0.6) is 5.75 Å². The van der Waals surface area contributed by atoms with Crippen LogP contribution in [0.25, 0.3) is 6.08 Å². The number of hydrogen-bond acceptors (Lipinski definition) is 5. The molecule has 7 rings (SSSR count). The molecular weight excluding hydrogens is 560 g/mol. The Morgan fingerprint density at radius 2 is 1.51 bits per heavy atom. The van der Waals surface area contributed by atoms with Crippen molar-refractivity contribution in [3.63, 3.8) is 0 Å². The van der Waals surface area contributed by atoms with E-state index in [4.69, 9.17) is 16.3 Å². The van der Waals surface area contributed by atoms with Gasteiger partial charge in [0, 0.05) is 28.0 Å². The topological polar surface area (TPSA) is 75.7 Å². The molecule has 7 heteroatoms. The molecule has 1 fully saturated rings. The minimum absolute atomic E-state index is 0.0255. The van der Waals surface area contributed by atoms with Crippen molar-refractivity contribution in [1.29, 1.82) is 0 Å². The van der Waals surface area contributed by atoms with Crippen LogP contribution < -0.4 is 10.1 Å². The van der Waals surface area contributed by atoms with Crippen molar-refractivity contribution in [3.05, 3.63) is 136 Å². The summed E-state index contributed by atoms with van der Waals surface area (Å²) in [6.07, 6.45) is 3.79. The van der Waals surface area contributed by atoms with Crippen molar-refractivity contribution in [3.8, 4) is 5.75 Å². The summed E-state index contributed by atoms with van der Waals surface area (Å²) in [5, 5.41) is 3.58. The first-order valence-electron chi connectivity index (χ1n) is 14.4. The average Bonchev–Trinajstić information content (AvgIpc) is 3.49. The molecule has 1 amide bonds. The molecule has 0 saturated carbocycles. The van der Waals surface area contributed by atoms with Crippen LogP contribution in [0, 0.1) is 5.92 Å². The highest BCUT2D eigenvalue weighted by molar-refractivity contribution is 6.30. The molecule has 0 aliphatic carbocycles. The van der Waals surface area contributed by atoms with Crippen LogP contribution in [0.4, 0.5) is 5.69 Å². The van der Waals surface area contributed by atoms with Crippen LogP contribution in [0.3, 0.4) is 0 Å². The van der Waals surface area contributed by atoms with E-state index < -0.39 is 23.4 Å². The van der Waals surface area contributed by atoms with Crippen LogP contribution in [0.15, 0.2) is 103 Å². The van der Waals surface area contributed by atoms with Crippen molar-refractivity contribution >= 4 is 40.8 Å². The highest BCUT2D eigenvalue weighted by atomic mass is 35.5. The summed E-state index contributed by atoms with van der Waals surface area (Å²) in [5.41, 5.74) is 2.64. The minimum Gasteiger partial charge on any atom is -0.491 e. The number of carbonyl (C=O) groups excluding carboxylic acids is 3. The zero-order chi connectivity index (χ0) is 29.9. The van der Waals surface area contributed by atoms with Gasteiger partial charge in [-0.15, -0.1) is 0 Å². The number of benzene rings is 4. The number of hydrogen-bond donors (Lipinski definition) is 1. The first kappa shape index (κ1) is 27.2. The van der Waals surface area contributed by atoms with Gasteiger partial charge in [-0.2, -0.15) is 0 Å². The van der Waals surface area contributed by atoms with E-state index in [2.05, 4.69) is 5.32 Å². The number of halogens is 1. The van der Waals surface area contributed by atoms with Crippen LogP contribution >= 0.6 is 11.6 Å². The van der Waals surface area contributed by atoms with Gasteiger partial charge < -0.3 is 15.0 Å². The van der Waals surface area contributed by atoms with Crippen molar-refractivity contribution in [1.82, 2.24) is 4.90 Å². The molecule has 3 aliphatic rings. The SMILES string of the molecule is CC(C)Oc1ccc(C(=O)[C@@H]2[C@@H](C(=O)c3ccc(Cl)cc3)N3C=Cc4ccccc4[C@@H]3[C@]23C(=O)Nc2ccccc23)cc1. The predicted molar refractivity (Wildman–Crippen MR) is 166 cm³/mol. The van der Waals surface area contributed by atoms with E-state index in [-0.39, 0.29) is 23.6 Å². The lowest BCUT2D eigenvalue weighted by Gasteiger charge is -2.38. The van der Waals surface area contributed by atoms with Gasteiger partial charge in [0.05, 0.1) is 18.1 Å². The van der Waals surface area contributed by atoms with E-state index in [1.807, 2.05) is 79.6 Å². The average molecular weight is 589 g/mol. The molecule has 0 bridgehead atoms. The van der Waals surface area contributed by atoms with Gasteiger partial charge in [0.2, 0.25) is 5.91 Å². The Morgan fingerprint density at radius 3 is 2.26 bits per heavy atom. The molecule has 1 saturated heterocycles. The number of para-hydroxylation sites is 1. The molecule has 214 valence electrons. The molecule has 1 N–H and O–H groups in total. The maximum atomic E-state index is 14.9. The number of ether oxygens (including phenoxy) is 1. The number of rotatable bonds is 6. The quantitative estimate of drug-likeness (QED) is 0.243. The molecule has 4 aromatic rings. The zero-order valence-electron chi connectivity index (χ0n) is 23.7. The largest absolute Gasteiger partial charge is 0.491 e. The summed E-state index contributed by atoms with van der Waals surface area (Å²) in [7, 11) is 0. The Hall–Kier alpha value is -4.68. The maximum Gasteiger partial charge on any atom is 0.238 e. The number of nitrogens with zero attached hydrogens (tertiary/aromatic N) is 1. The second-order valence-corrected chi connectivity index (χ2v) is 11.9. The first-order valence-corrected chi connectivity index (χ1v) is 14.7. The van der Waals surface area contributed by atoms with Crippen LogP contribution in [-0.2, 0) is 10.2 Å². The standard InChI is InChI=1S/C36H29ClN2O4/c1-21(2)43-26-17-13-23(14-18-26)32(40)30-31(33(41)24-11-15-25(37)16-12-24)39-20-19-22-7-3-4-8-27(22)34(39)36(30)28-9-5-6-10-29(28)38-35(36)42/h3-21,30-31,34H,1-2H3,(H,38,42)/t30-,31-,34+,36+/m0/s1. The number of nitrogens with one attached hydrogen (secondary N) is 1. The van der Waals surface area contributed by atoms with Crippen molar-refractivity contribution in [2.45, 2.75) is 37.5 Å². The zero-order valence-corrected chi connectivity index (χ0v) is 24.4. The summed E-state index contributed by atoms with van der Waals surface area (Å²) in [5.74, 6) is -1.23. The van der Waals surface area contributed by atoms with Gasteiger partial charge in [-0.3, -0.25) is 14.4 Å². The second-order valence-electron chi connectivity index (χ2n) is 11.5. The third kappa shape index (κ3) is 4.12. The number of amides is 1. The smallest absolute Gasteiger partial charge is 0.238 e. The lowest BCUT2D eigenvalue weighted by Crippen LogP contribution is -2.49. The fourth-order valence-corrected chi connectivity index (χ4v) is 7.23. The summed E-state index contributed by atoms with van der Waals surface area (Å²) in [4.78, 5) is 45.9. The molecular formula is C36H29ClN2O4. The number of Topliss-reactive ketones (excluding diaryl/α,β-unsaturated/α-hetero) is 2. The molecule has 4 atom stereocenters. The van der Waals surface area contributed by atoms with Crippen LogP contribution in [0.1, 0.15) is 57.3 Å². The van der Waals surface area contributed by atoms with Crippen molar-refractivity contribution in [2.75, 3.05) is 5.32 Å². The Balaban J connectivity index is 1.48. The Kier molecular flexibility index (Phi) is 6.47. The summed E-state index contributed by atoms with van der Waals surface area (Å²) >= 11 is 6.17. The summed E-state index contributed by atoms with van der Waals surface area (Å²) in [6.45, 7) is 3.87. The first-order chi connectivity index (χ1) is 20.8. The van der Waals surface area contributed by atoms with Gasteiger partial charge in [0.15, 0.2) is 11.6 Å². The molecule has 3 heterocycles. The van der Waals surface area contributed by atoms with E-state index in [0.29, 0.717) is 33.1 Å². The lowest BCUT2D eigenvalue weighted by atomic mass is 9.62. The number of ketones is 2. The Labute approximate surface area is 254 Å². The van der Waals surface area contributed by atoms with E-state index in [0.717, 1.165) is 11.1 Å². The number of carbonyl (C=O) groups is 3. The normalized spacial score (nSPS) is 23.1. The highest BCUT2D eigenvalue weighted by Crippen LogP contribution is 2.62. The summed E-state index contributed by atoms with van der Waals surface area (Å²) in [6, 6.07) is 27.4. The predicted octanol–water partition coefficient (Wildman–Crippen LogP) is 7.11. The van der Waals surface area contributed by atoms with Gasteiger partial charge in [-0.1, -0.05) is 54.1 Å². The molecule has 1 spiro atoms. The van der Waals surface area contributed by atoms with E-state index >= 15 is 0 Å². The summed E-state index contributed by atoms with van der Waals surface area (Å²) < 4.78 is 5.82. The second kappa shape index (κ2) is 10.2. The molecule has 4 aromatic carbocycles. The maximum absolute atomic E-state index is 14.9. The van der Waals surface area contributed by atoms with E-state index in [1.54, 1.807) is 48.5 Å². The Bertz CT molecular complexity index is 1800.